The molecule has 1 amide bonds. The van der Waals surface area contributed by atoms with Crippen molar-refractivity contribution in [3.8, 4) is 6.07 Å². The van der Waals surface area contributed by atoms with Crippen molar-refractivity contribution in [2.75, 3.05) is 17.2 Å². The number of carbonyl (C=O) groups is 1. The molecule has 2 rings (SSSR count). The van der Waals surface area contributed by atoms with Gasteiger partial charge in [0.15, 0.2) is 5.82 Å². The van der Waals surface area contributed by atoms with Gasteiger partial charge < -0.3 is 10.6 Å². The van der Waals surface area contributed by atoms with Crippen LogP contribution in [-0.4, -0.2) is 12.5 Å². The van der Waals surface area contributed by atoms with Crippen molar-refractivity contribution in [2.24, 2.45) is 0 Å². The average Bonchev–Trinajstić information content (AvgIpc) is 2.49. The summed E-state index contributed by atoms with van der Waals surface area (Å²) < 4.78 is 13.6. The molecule has 0 fully saturated rings. The molecule has 0 saturated carbocycles. The minimum Gasteiger partial charge on any atom is -0.374 e. The Hall–Kier alpha value is -2.58. The number of nitrogens with zero attached hydrogens (tertiary/aromatic N) is 1. The summed E-state index contributed by atoms with van der Waals surface area (Å²) in [7, 11) is 0. The van der Waals surface area contributed by atoms with Gasteiger partial charge in [0, 0.05) is 5.69 Å². The highest BCUT2D eigenvalue weighted by Gasteiger charge is 2.08. The van der Waals surface area contributed by atoms with E-state index in [4.69, 9.17) is 16.9 Å². The van der Waals surface area contributed by atoms with Crippen molar-refractivity contribution in [1.82, 2.24) is 0 Å². The summed E-state index contributed by atoms with van der Waals surface area (Å²) in [6, 6.07) is 13.0. The van der Waals surface area contributed by atoms with E-state index in [1.54, 1.807) is 30.3 Å². The van der Waals surface area contributed by atoms with E-state index in [-0.39, 0.29) is 23.2 Å². The second kappa shape index (κ2) is 6.73. The van der Waals surface area contributed by atoms with Gasteiger partial charge in [0.1, 0.15) is 0 Å². The second-order valence-corrected chi connectivity index (χ2v) is 4.60. The predicted molar refractivity (Wildman–Crippen MR) is 79.7 cm³/mol. The van der Waals surface area contributed by atoms with Crippen LogP contribution in [0.25, 0.3) is 0 Å². The molecule has 106 valence electrons. The third-order valence-corrected chi connectivity index (χ3v) is 2.96. The van der Waals surface area contributed by atoms with Gasteiger partial charge in [0.05, 0.1) is 28.9 Å². The van der Waals surface area contributed by atoms with Crippen LogP contribution >= 0.6 is 11.6 Å². The number of benzene rings is 2. The zero-order valence-corrected chi connectivity index (χ0v) is 11.6. The van der Waals surface area contributed by atoms with Gasteiger partial charge in [-0.15, -0.1) is 0 Å². The fraction of sp³-hybridized carbons (Fsp3) is 0.0667. The number of amides is 1. The number of halogens is 2. The molecule has 0 saturated heterocycles. The van der Waals surface area contributed by atoms with Gasteiger partial charge in [-0.25, -0.2) is 4.39 Å². The van der Waals surface area contributed by atoms with E-state index in [1.165, 1.54) is 12.1 Å². The lowest BCUT2D eigenvalue weighted by Crippen LogP contribution is -2.22. The summed E-state index contributed by atoms with van der Waals surface area (Å²) in [6.07, 6.45) is 0. The van der Waals surface area contributed by atoms with Crippen molar-refractivity contribution in [3.05, 3.63) is 58.9 Å². The van der Waals surface area contributed by atoms with Gasteiger partial charge >= 0.3 is 0 Å². The first-order chi connectivity index (χ1) is 10.1. The molecular formula is C15H11ClFN3O. The first-order valence-corrected chi connectivity index (χ1v) is 6.46. The summed E-state index contributed by atoms with van der Waals surface area (Å²) >= 11 is 5.65. The van der Waals surface area contributed by atoms with Gasteiger partial charge in [0.25, 0.3) is 0 Å². The molecular weight excluding hydrogens is 293 g/mol. The van der Waals surface area contributed by atoms with Gasteiger partial charge in [-0.2, -0.15) is 5.26 Å². The van der Waals surface area contributed by atoms with E-state index in [2.05, 4.69) is 10.6 Å². The van der Waals surface area contributed by atoms with E-state index < -0.39 is 5.82 Å². The van der Waals surface area contributed by atoms with Crippen molar-refractivity contribution in [2.45, 2.75) is 0 Å². The highest BCUT2D eigenvalue weighted by atomic mass is 35.5. The Morgan fingerprint density at radius 1 is 1.29 bits per heavy atom. The Labute approximate surface area is 126 Å². The lowest BCUT2D eigenvalue weighted by atomic mass is 10.2. The van der Waals surface area contributed by atoms with Crippen LogP contribution in [0.1, 0.15) is 5.56 Å². The topological polar surface area (TPSA) is 64.9 Å². The first-order valence-electron chi connectivity index (χ1n) is 6.08. The molecule has 2 aromatic carbocycles. The normalized spacial score (nSPS) is 9.76. The number of hydrogen-bond acceptors (Lipinski definition) is 3. The lowest BCUT2D eigenvalue weighted by molar-refractivity contribution is -0.114. The molecule has 6 heteroatoms. The van der Waals surface area contributed by atoms with Crippen LogP contribution in [0.3, 0.4) is 0 Å². The molecule has 4 nitrogen and oxygen atoms in total. The highest BCUT2D eigenvalue weighted by Crippen LogP contribution is 2.21. The van der Waals surface area contributed by atoms with E-state index in [0.717, 1.165) is 0 Å². The molecule has 0 radical (unpaired) electrons. The molecule has 0 aromatic heterocycles. The molecule has 0 spiro atoms. The lowest BCUT2D eigenvalue weighted by Gasteiger charge is -2.09. The fourth-order valence-electron chi connectivity index (χ4n) is 1.69. The average molecular weight is 304 g/mol. The Bertz CT molecular complexity index is 712. The Morgan fingerprint density at radius 2 is 2.05 bits per heavy atom. The second-order valence-electron chi connectivity index (χ2n) is 4.20. The van der Waals surface area contributed by atoms with Crippen LogP contribution in [0, 0.1) is 17.1 Å². The number of rotatable bonds is 4. The predicted octanol–water partition coefficient (Wildman–Crippen LogP) is 3.40. The van der Waals surface area contributed by atoms with Crippen LogP contribution in [0.4, 0.5) is 15.8 Å². The molecule has 2 N–H and O–H groups in total. The summed E-state index contributed by atoms with van der Waals surface area (Å²) in [4.78, 5) is 11.8. The van der Waals surface area contributed by atoms with Crippen molar-refractivity contribution >= 4 is 28.9 Å². The number of hydrogen-bond donors (Lipinski definition) is 2. The highest BCUT2D eigenvalue weighted by molar-refractivity contribution is 6.31. The summed E-state index contributed by atoms with van der Waals surface area (Å²) in [6.45, 7) is -0.117. The largest absolute Gasteiger partial charge is 0.374 e. The van der Waals surface area contributed by atoms with Crippen LogP contribution in [-0.2, 0) is 4.79 Å². The first kappa shape index (κ1) is 14.8. The third kappa shape index (κ3) is 3.94. The van der Waals surface area contributed by atoms with Gasteiger partial charge in [-0.05, 0) is 30.3 Å². The Morgan fingerprint density at radius 3 is 2.81 bits per heavy atom. The molecule has 2 aromatic rings. The summed E-state index contributed by atoms with van der Waals surface area (Å²) in [5.74, 6) is -0.956. The van der Waals surface area contributed by atoms with E-state index in [0.29, 0.717) is 11.3 Å². The van der Waals surface area contributed by atoms with Crippen molar-refractivity contribution in [3.63, 3.8) is 0 Å². The van der Waals surface area contributed by atoms with Crippen LogP contribution < -0.4 is 10.6 Å². The monoisotopic (exact) mass is 303 g/mol. The maximum Gasteiger partial charge on any atom is 0.243 e. The summed E-state index contributed by atoms with van der Waals surface area (Å²) in [5.41, 5.74) is 1.11. The SMILES string of the molecule is N#Cc1cccc(NC(=O)CNc2cccc(Cl)c2F)c1. The Balaban J connectivity index is 1.96. The minimum atomic E-state index is -0.599. The van der Waals surface area contributed by atoms with Gasteiger partial charge in [-0.1, -0.05) is 23.7 Å². The number of nitrogens with one attached hydrogen (secondary N) is 2. The minimum absolute atomic E-state index is 0.0119. The number of carbonyl (C=O) groups excluding carboxylic acids is 1. The van der Waals surface area contributed by atoms with Crippen LogP contribution in [0.15, 0.2) is 42.5 Å². The van der Waals surface area contributed by atoms with Gasteiger partial charge in [0.2, 0.25) is 5.91 Å². The van der Waals surface area contributed by atoms with E-state index in [9.17, 15) is 9.18 Å². The number of anilines is 2. The maximum atomic E-state index is 13.6. The molecule has 0 bridgehead atoms. The van der Waals surface area contributed by atoms with Gasteiger partial charge in [-0.3, -0.25) is 4.79 Å². The van der Waals surface area contributed by atoms with Crippen LogP contribution in [0.5, 0.6) is 0 Å². The molecule has 0 aliphatic heterocycles. The zero-order chi connectivity index (χ0) is 15.2. The molecule has 0 heterocycles. The zero-order valence-electron chi connectivity index (χ0n) is 10.9. The third-order valence-electron chi connectivity index (χ3n) is 2.67. The number of nitriles is 1. The molecule has 0 aliphatic rings. The maximum absolute atomic E-state index is 13.6. The fourth-order valence-corrected chi connectivity index (χ4v) is 1.86. The molecule has 0 unspecified atom stereocenters. The van der Waals surface area contributed by atoms with Crippen molar-refractivity contribution in [1.29, 1.82) is 5.26 Å². The summed E-state index contributed by atoms with van der Waals surface area (Å²) in [5, 5.41) is 14.0. The van der Waals surface area contributed by atoms with Crippen molar-refractivity contribution < 1.29 is 9.18 Å². The molecule has 21 heavy (non-hydrogen) atoms. The standard InChI is InChI=1S/C15H11ClFN3O/c16-12-5-2-6-13(15(12)17)19-9-14(21)20-11-4-1-3-10(7-11)8-18/h1-7,19H,9H2,(H,20,21). The quantitative estimate of drug-likeness (QED) is 0.910. The van der Waals surface area contributed by atoms with E-state index in [1.807, 2.05) is 6.07 Å². The smallest absolute Gasteiger partial charge is 0.243 e. The van der Waals surface area contributed by atoms with E-state index >= 15 is 0 Å². The molecule has 0 aliphatic carbocycles. The van der Waals surface area contributed by atoms with Crippen LogP contribution in [0.2, 0.25) is 5.02 Å². The molecule has 0 atom stereocenters. The Kier molecular flexibility index (Phi) is 4.75.